The number of piperidine rings is 1. The maximum atomic E-state index is 13.4. The van der Waals surface area contributed by atoms with Crippen LogP contribution in [-0.2, 0) is 0 Å². The maximum Gasteiger partial charge on any atom is 0.245 e. The Bertz CT molecular complexity index is 601. The van der Waals surface area contributed by atoms with Gasteiger partial charge in [0.05, 0.1) is 0 Å². The second-order valence-corrected chi connectivity index (χ2v) is 5.27. The number of nitrogens with one attached hydrogen (secondary N) is 1. The number of benzene rings is 1. The van der Waals surface area contributed by atoms with Crippen LogP contribution in [0.3, 0.4) is 0 Å². The predicted octanol–water partition coefficient (Wildman–Crippen LogP) is 1.85. The van der Waals surface area contributed by atoms with Gasteiger partial charge < -0.3 is 10.6 Å². The second-order valence-electron chi connectivity index (χ2n) is 5.27. The number of nitrogens with zero attached hydrogens (tertiary/aromatic N) is 3. The average Bonchev–Trinajstić information content (AvgIpc) is 2.92. The van der Waals surface area contributed by atoms with Crippen molar-refractivity contribution in [2.45, 2.75) is 25.8 Å². The number of H-pyrrole nitrogens is 1. The molecule has 0 saturated carbocycles. The van der Waals surface area contributed by atoms with E-state index in [0.717, 1.165) is 37.1 Å². The monoisotopic (exact) mass is 275 g/mol. The molecule has 0 unspecified atom stereocenters. The Kier molecular flexibility index (Phi) is 3.40. The van der Waals surface area contributed by atoms with E-state index < -0.39 is 0 Å². The molecule has 0 radical (unpaired) electrons. The van der Waals surface area contributed by atoms with Crippen molar-refractivity contribution in [2.75, 3.05) is 18.0 Å². The van der Waals surface area contributed by atoms with E-state index in [2.05, 4.69) is 20.1 Å². The Labute approximate surface area is 117 Å². The van der Waals surface area contributed by atoms with Crippen LogP contribution in [0.25, 0.3) is 11.4 Å². The lowest BCUT2D eigenvalue weighted by atomic mass is 10.1. The van der Waals surface area contributed by atoms with Crippen LogP contribution in [0.2, 0.25) is 0 Å². The molecule has 2 heterocycles. The summed E-state index contributed by atoms with van der Waals surface area (Å²) in [6, 6.07) is 4.94. The summed E-state index contributed by atoms with van der Waals surface area (Å²) in [5.41, 5.74) is 7.61. The minimum atomic E-state index is -0.271. The van der Waals surface area contributed by atoms with Crippen LogP contribution >= 0.6 is 0 Å². The normalized spacial score (nSPS) is 16.6. The van der Waals surface area contributed by atoms with Crippen molar-refractivity contribution >= 4 is 5.95 Å². The molecule has 106 valence electrons. The van der Waals surface area contributed by atoms with Gasteiger partial charge in [-0.1, -0.05) is 6.07 Å². The number of aryl methyl sites for hydroxylation is 1. The highest BCUT2D eigenvalue weighted by atomic mass is 19.1. The van der Waals surface area contributed by atoms with Crippen LogP contribution in [0.15, 0.2) is 18.2 Å². The highest BCUT2D eigenvalue weighted by Crippen LogP contribution is 2.23. The fourth-order valence-electron chi connectivity index (χ4n) is 2.46. The van der Waals surface area contributed by atoms with E-state index in [-0.39, 0.29) is 11.9 Å². The summed E-state index contributed by atoms with van der Waals surface area (Å²) in [7, 11) is 0. The molecule has 0 amide bonds. The molecule has 3 rings (SSSR count). The van der Waals surface area contributed by atoms with Crippen LogP contribution in [0, 0.1) is 12.7 Å². The van der Waals surface area contributed by atoms with Gasteiger partial charge in [0.2, 0.25) is 5.95 Å². The number of aromatic amines is 1. The van der Waals surface area contributed by atoms with Gasteiger partial charge in [0.25, 0.3) is 0 Å². The average molecular weight is 275 g/mol. The molecular formula is C14H18FN5. The van der Waals surface area contributed by atoms with E-state index in [1.807, 2.05) is 6.92 Å². The molecule has 1 aromatic heterocycles. The van der Waals surface area contributed by atoms with Gasteiger partial charge in [-0.05, 0) is 37.5 Å². The molecular weight excluding hydrogens is 257 g/mol. The Hall–Kier alpha value is -1.95. The van der Waals surface area contributed by atoms with Crippen molar-refractivity contribution in [1.29, 1.82) is 0 Å². The van der Waals surface area contributed by atoms with Crippen LogP contribution in [0.5, 0.6) is 0 Å². The van der Waals surface area contributed by atoms with Gasteiger partial charge in [-0.25, -0.2) is 4.39 Å². The number of hydrogen-bond donors (Lipinski definition) is 2. The van der Waals surface area contributed by atoms with Crippen molar-refractivity contribution in [3.05, 3.63) is 29.6 Å². The number of hydrogen-bond acceptors (Lipinski definition) is 4. The quantitative estimate of drug-likeness (QED) is 0.877. The van der Waals surface area contributed by atoms with E-state index in [1.165, 1.54) is 12.1 Å². The van der Waals surface area contributed by atoms with Crippen molar-refractivity contribution in [2.24, 2.45) is 5.73 Å². The van der Waals surface area contributed by atoms with Gasteiger partial charge in [-0.2, -0.15) is 4.98 Å². The minimum Gasteiger partial charge on any atom is -0.339 e. The highest BCUT2D eigenvalue weighted by Gasteiger charge is 2.20. The third-order valence-electron chi connectivity index (χ3n) is 3.75. The van der Waals surface area contributed by atoms with Crippen LogP contribution in [0.1, 0.15) is 18.4 Å². The largest absolute Gasteiger partial charge is 0.339 e. The lowest BCUT2D eigenvalue weighted by Crippen LogP contribution is -2.40. The van der Waals surface area contributed by atoms with Gasteiger partial charge in [0, 0.05) is 24.7 Å². The highest BCUT2D eigenvalue weighted by molar-refractivity contribution is 5.61. The first-order valence-corrected chi connectivity index (χ1v) is 6.83. The third-order valence-corrected chi connectivity index (χ3v) is 3.75. The molecule has 0 aliphatic carbocycles. The van der Waals surface area contributed by atoms with Crippen LogP contribution in [-0.4, -0.2) is 34.3 Å². The first-order chi connectivity index (χ1) is 9.63. The Balaban J connectivity index is 1.85. The Morgan fingerprint density at radius 1 is 1.35 bits per heavy atom. The molecule has 5 nitrogen and oxygen atoms in total. The van der Waals surface area contributed by atoms with Crippen molar-refractivity contribution in [3.63, 3.8) is 0 Å². The molecule has 1 aromatic carbocycles. The zero-order valence-electron chi connectivity index (χ0n) is 11.4. The standard InChI is InChI=1S/C14H18FN5/c1-9-2-3-10(15)8-12(9)13-17-14(19-18-13)20-6-4-11(16)5-7-20/h2-3,8,11H,4-7,16H2,1H3,(H,17,18,19). The van der Waals surface area contributed by atoms with Gasteiger partial charge in [0.1, 0.15) is 5.82 Å². The predicted molar refractivity (Wildman–Crippen MR) is 75.9 cm³/mol. The number of rotatable bonds is 2. The molecule has 1 saturated heterocycles. The van der Waals surface area contributed by atoms with E-state index in [1.54, 1.807) is 6.07 Å². The first-order valence-electron chi connectivity index (χ1n) is 6.83. The maximum absolute atomic E-state index is 13.4. The summed E-state index contributed by atoms with van der Waals surface area (Å²) >= 11 is 0. The zero-order valence-corrected chi connectivity index (χ0v) is 11.4. The van der Waals surface area contributed by atoms with E-state index in [9.17, 15) is 4.39 Å². The molecule has 6 heteroatoms. The molecule has 0 bridgehead atoms. The van der Waals surface area contributed by atoms with Gasteiger partial charge in [0.15, 0.2) is 5.82 Å². The second kappa shape index (κ2) is 5.20. The zero-order chi connectivity index (χ0) is 14.1. The SMILES string of the molecule is Cc1ccc(F)cc1-c1nc(N2CCC(N)CC2)n[nH]1. The van der Waals surface area contributed by atoms with E-state index >= 15 is 0 Å². The smallest absolute Gasteiger partial charge is 0.245 e. The number of aromatic nitrogens is 3. The molecule has 1 aliphatic heterocycles. The fourth-order valence-corrected chi connectivity index (χ4v) is 2.46. The molecule has 1 aliphatic rings. The number of halogens is 1. The van der Waals surface area contributed by atoms with Crippen molar-refractivity contribution in [1.82, 2.24) is 15.2 Å². The lowest BCUT2D eigenvalue weighted by Gasteiger charge is -2.28. The molecule has 3 N–H and O–H groups in total. The Morgan fingerprint density at radius 2 is 2.10 bits per heavy atom. The molecule has 0 spiro atoms. The Morgan fingerprint density at radius 3 is 2.85 bits per heavy atom. The molecule has 0 atom stereocenters. The summed E-state index contributed by atoms with van der Waals surface area (Å²) in [5.74, 6) is 0.995. The van der Waals surface area contributed by atoms with Gasteiger partial charge in [-0.15, -0.1) is 5.10 Å². The lowest BCUT2D eigenvalue weighted by molar-refractivity contribution is 0.496. The van der Waals surface area contributed by atoms with Crippen LogP contribution in [0.4, 0.5) is 10.3 Å². The molecule has 2 aromatic rings. The van der Waals surface area contributed by atoms with Crippen molar-refractivity contribution in [3.8, 4) is 11.4 Å². The van der Waals surface area contributed by atoms with E-state index in [4.69, 9.17) is 5.73 Å². The number of anilines is 1. The third kappa shape index (κ3) is 2.51. The first kappa shape index (κ1) is 13.1. The van der Waals surface area contributed by atoms with Gasteiger partial charge >= 0.3 is 0 Å². The fraction of sp³-hybridized carbons (Fsp3) is 0.429. The summed E-state index contributed by atoms with van der Waals surface area (Å²) in [5, 5.41) is 7.14. The van der Waals surface area contributed by atoms with E-state index in [0.29, 0.717) is 11.8 Å². The minimum absolute atomic E-state index is 0.271. The summed E-state index contributed by atoms with van der Waals surface area (Å²) in [6.07, 6.45) is 1.89. The molecule has 1 fully saturated rings. The summed E-state index contributed by atoms with van der Waals surface area (Å²) < 4.78 is 13.4. The van der Waals surface area contributed by atoms with Crippen molar-refractivity contribution < 1.29 is 4.39 Å². The molecule has 20 heavy (non-hydrogen) atoms. The number of nitrogens with two attached hydrogens (primary N) is 1. The summed E-state index contributed by atoms with van der Waals surface area (Å²) in [6.45, 7) is 3.65. The topological polar surface area (TPSA) is 70.8 Å². The van der Waals surface area contributed by atoms with Crippen LogP contribution < -0.4 is 10.6 Å². The van der Waals surface area contributed by atoms with Gasteiger partial charge in [-0.3, -0.25) is 5.10 Å². The summed E-state index contributed by atoms with van der Waals surface area (Å²) in [4.78, 5) is 6.59.